The number of hydrogen-bond donors (Lipinski definition) is 2. The summed E-state index contributed by atoms with van der Waals surface area (Å²) in [5.74, 6) is -0.659. The van der Waals surface area contributed by atoms with Crippen molar-refractivity contribution in [1.29, 1.82) is 0 Å². The normalized spacial score (nSPS) is 24.5. The first-order chi connectivity index (χ1) is 5.59. The molecule has 0 bridgehead atoms. The number of aliphatic carboxylic acids is 1. The van der Waals surface area contributed by atoms with E-state index in [1.165, 1.54) is 0 Å². The molecule has 2 N–H and O–H groups in total. The number of aliphatic hydroxyl groups is 1. The molecular formula is C7H11NO4. The first-order valence-electron chi connectivity index (χ1n) is 3.70. The van der Waals surface area contributed by atoms with Crippen LogP contribution in [-0.4, -0.2) is 40.8 Å². The molecule has 0 aromatic rings. The average molecular weight is 173 g/mol. The molecule has 68 valence electrons. The van der Waals surface area contributed by atoms with Gasteiger partial charge in [-0.25, -0.2) is 9.79 Å². The highest BCUT2D eigenvalue weighted by molar-refractivity contribution is 5.84. The van der Waals surface area contributed by atoms with Crippen molar-refractivity contribution in [2.75, 3.05) is 6.61 Å². The lowest BCUT2D eigenvalue weighted by Gasteiger charge is -2.02. The number of aliphatic hydroxyl groups excluding tert-OH is 1. The monoisotopic (exact) mass is 173 g/mol. The molecule has 0 radical (unpaired) electrons. The van der Waals surface area contributed by atoms with E-state index in [2.05, 4.69) is 4.99 Å². The highest BCUT2D eigenvalue weighted by Crippen LogP contribution is 2.08. The molecule has 0 aromatic carbocycles. The first-order valence-corrected chi connectivity index (χ1v) is 3.70. The van der Waals surface area contributed by atoms with Gasteiger partial charge >= 0.3 is 5.97 Å². The Labute approximate surface area is 69.7 Å². The second-order valence-corrected chi connectivity index (χ2v) is 2.74. The van der Waals surface area contributed by atoms with Gasteiger partial charge in [-0.15, -0.1) is 0 Å². The van der Waals surface area contributed by atoms with E-state index >= 15 is 0 Å². The zero-order valence-corrected chi connectivity index (χ0v) is 6.73. The van der Waals surface area contributed by atoms with Gasteiger partial charge in [0.1, 0.15) is 6.61 Å². The second kappa shape index (κ2) is 3.53. The van der Waals surface area contributed by atoms with E-state index in [1.807, 2.05) is 0 Å². The van der Waals surface area contributed by atoms with Gasteiger partial charge in [-0.2, -0.15) is 0 Å². The molecule has 2 atom stereocenters. The number of carboxylic acids is 1. The van der Waals surface area contributed by atoms with Crippen LogP contribution < -0.4 is 0 Å². The molecular weight excluding hydrogens is 162 g/mol. The van der Waals surface area contributed by atoms with Crippen molar-refractivity contribution in [2.45, 2.75) is 25.5 Å². The molecule has 12 heavy (non-hydrogen) atoms. The van der Waals surface area contributed by atoms with Gasteiger partial charge in [0.25, 0.3) is 0 Å². The van der Waals surface area contributed by atoms with Gasteiger partial charge in [0.2, 0.25) is 0 Å². The molecule has 0 saturated carbocycles. The number of ether oxygens (including phenoxy) is 1. The molecule has 1 aliphatic rings. The van der Waals surface area contributed by atoms with Crippen molar-refractivity contribution >= 4 is 11.9 Å². The average Bonchev–Trinajstić information content (AvgIpc) is 2.34. The Balaban J connectivity index is 2.48. The lowest BCUT2D eigenvalue weighted by Crippen LogP contribution is -2.18. The molecule has 0 aromatic heterocycles. The molecule has 0 spiro atoms. The number of nitrogens with zero attached hydrogens (tertiary/aromatic N) is 1. The molecule has 1 rings (SSSR count). The van der Waals surface area contributed by atoms with Crippen LogP contribution in [0.15, 0.2) is 4.99 Å². The Morgan fingerprint density at radius 1 is 1.92 bits per heavy atom. The largest absolute Gasteiger partial charge is 0.480 e. The van der Waals surface area contributed by atoms with Crippen molar-refractivity contribution in [3.63, 3.8) is 0 Å². The quantitative estimate of drug-likeness (QED) is 0.610. The summed E-state index contributed by atoms with van der Waals surface area (Å²) in [6.45, 7) is 1.68. The molecule has 2 unspecified atom stereocenters. The van der Waals surface area contributed by atoms with Crippen LogP contribution in [0.1, 0.15) is 13.3 Å². The minimum atomic E-state index is -0.990. The standard InChI is InChI=1S/C7H11NO4/c1-4(9)2-6-8-5(3-12-6)7(10)11/h4-5,9H,2-3H2,1H3,(H,10,11). The van der Waals surface area contributed by atoms with Gasteiger partial charge < -0.3 is 14.9 Å². The van der Waals surface area contributed by atoms with Crippen molar-refractivity contribution in [1.82, 2.24) is 0 Å². The van der Waals surface area contributed by atoms with E-state index in [4.69, 9.17) is 14.9 Å². The van der Waals surface area contributed by atoms with Gasteiger partial charge in [-0.05, 0) is 6.92 Å². The Morgan fingerprint density at radius 2 is 2.58 bits per heavy atom. The van der Waals surface area contributed by atoms with Gasteiger partial charge in [-0.1, -0.05) is 0 Å². The van der Waals surface area contributed by atoms with E-state index in [-0.39, 0.29) is 13.0 Å². The predicted octanol–water partition coefficient (Wildman–Crippen LogP) is -0.361. The van der Waals surface area contributed by atoms with Gasteiger partial charge in [-0.3, -0.25) is 0 Å². The summed E-state index contributed by atoms with van der Waals surface area (Å²) in [5, 5.41) is 17.4. The third-order valence-electron chi connectivity index (χ3n) is 1.46. The zero-order chi connectivity index (χ0) is 9.14. The smallest absolute Gasteiger partial charge is 0.332 e. The Hall–Kier alpha value is -1.10. The van der Waals surface area contributed by atoms with Crippen LogP contribution in [0, 0.1) is 0 Å². The minimum Gasteiger partial charge on any atom is -0.480 e. The van der Waals surface area contributed by atoms with Crippen molar-refractivity contribution in [3.05, 3.63) is 0 Å². The molecule has 1 heterocycles. The summed E-state index contributed by atoms with van der Waals surface area (Å²) in [7, 11) is 0. The van der Waals surface area contributed by atoms with E-state index < -0.39 is 18.1 Å². The second-order valence-electron chi connectivity index (χ2n) is 2.74. The van der Waals surface area contributed by atoms with Crippen LogP contribution in [0.25, 0.3) is 0 Å². The van der Waals surface area contributed by atoms with Crippen molar-refractivity contribution in [2.24, 2.45) is 4.99 Å². The van der Waals surface area contributed by atoms with E-state index in [1.54, 1.807) is 6.92 Å². The lowest BCUT2D eigenvalue weighted by molar-refractivity contribution is -0.138. The molecule has 0 aliphatic carbocycles. The van der Waals surface area contributed by atoms with Crippen molar-refractivity contribution in [3.8, 4) is 0 Å². The Kier molecular flexibility index (Phi) is 2.65. The Morgan fingerprint density at radius 3 is 3.00 bits per heavy atom. The fraction of sp³-hybridized carbons (Fsp3) is 0.714. The summed E-state index contributed by atoms with van der Waals surface area (Å²) < 4.78 is 4.95. The van der Waals surface area contributed by atoms with Crippen LogP contribution in [0.5, 0.6) is 0 Å². The topological polar surface area (TPSA) is 79.1 Å². The van der Waals surface area contributed by atoms with Crippen LogP contribution in [0.3, 0.4) is 0 Å². The summed E-state index contributed by atoms with van der Waals surface area (Å²) in [5.41, 5.74) is 0. The summed E-state index contributed by atoms with van der Waals surface area (Å²) in [4.78, 5) is 14.1. The number of rotatable bonds is 3. The summed E-state index contributed by atoms with van der Waals surface area (Å²) in [6.07, 6.45) is -0.264. The molecule has 5 heteroatoms. The van der Waals surface area contributed by atoms with Gasteiger partial charge in [0.05, 0.1) is 6.10 Å². The van der Waals surface area contributed by atoms with Crippen LogP contribution >= 0.6 is 0 Å². The maximum Gasteiger partial charge on any atom is 0.332 e. The zero-order valence-electron chi connectivity index (χ0n) is 6.73. The molecule has 0 amide bonds. The van der Waals surface area contributed by atoms with Crippen molar-refractivity contribution < 1.29 is 19.7 Å². The fourth-order valence-corrected chi connectivity index (χ4v) is 0.914. The van der Waals surface area contributed by atoms with E-state index in [0.29, 0.717) is 5.90 Å². The highest BCUT2D eigenvalue weighted by Gasteiger charge is 2.25. The summed E-state index contributed by atoms with van der Waals surface area (Å²) >= 11 is 0. The number of carboxylic acid groups (broad SMARTS) is 1. The third-order valence-corrected chi connectivity index (χ3v) is 1.46. The van der Waals surface area contributed by atoms with Crippen LogP contribution in [0.2, 0.25) is 0 Å². The van der Waals surface area contributed by atoms with E-state index in [9.17, 15) is 4.79 Å². The molecule has 1 aliphatic heterocycles. The van der Waals surface area contributed by atoms with Crippen LogP contribution in [-0.2, 0) is 9.53 Å². The number of aliphatic imine (C=N–C) groups is 1. The van der Waals surface area contributed by atoms with Crippen LogP contribution in [0.4, 0.5) is 0 Å². The Bertz CT molecular complexity index is 211. The SMILES string of the molecule is CC(O)CC1=NC(C(=O)O)CO1. The summed E-state index contributed by atoms with van der Waals surface area (Å²) in [6, 6.07) is -0.793. The van der Waals surface area contributed by atoms with Gasteiger partial charge in [0, 0.05) is 6.42 Å². The fourth-order valence-electron chi connectivity index (χ4n) is 0.914. The molecule has 0 fully saturated rings. The first kappa shape index (κ1) is 8.99. The molecule has 0 saturated heterocycles. The predicted molar refractivity (Wildman–Crippen MR) is 41.1 cm³/mol. The van der Waals surface area contributed by atoms with E-state index in [0.717, 1.165) is 0 Å². The number of hydrogen-bond acceptors (Lipinski definition) is 4. The third kappa shape index (κ3) is 2.20. The number of carbonyl (C=O) groups is 1. The van der Waals surface area contributed by atoms with Gasteiger partial charge in [0.15, 0.2) is 11.9 Å². The maximum absolute atomic E-state index is 10.4. The maximum atomic E-state index is 10.4. The highest BCUT2D eigenvalue weighted by atomic mass is 16.5. The minimum absolute atomic E-state index is 0.0807. The lowest BCUT2D eigenvalue weighted by atomic mass is 10.3. The molecule has 5 nitrogen and oxygen atoms in total.